The first-order valence-corrected chi connectivity index (χ1v) is 8.22. The minimum Gasteiger partial charge on any atom is -0.271 e. The first-order chi connectivity index (χ1) is 8.93. The molecule has 0 amide bonds. The van der Waals surface area contributed by atoms with E-state index in [1.54, 1.807) is 12.1 Å². The third-order valence-electron chi connectivity index (χ3n) is 3.52. The number of hydrazine groups is 1. The van der Waals surface area contributed by atoms with E-state index < -0.39 is 15.7 Å². The smallest absolute Gasteiger partial charge is 0.150 e. The van der Waals surface area contributed by atoms with Gasteiger partial charge in [0.1, 0.15) is 5.82 Å². The Morgan fingerprint density at radius 2 is 2.26 bits per heavy atom. The third-order valence-corrected chi connectivity index (χ3v) is 5.61. The Balaban J connectivity index is 2.14. The van der Waals surface area contributed by atoms with Crippen molar-refractivity contribution in [3.8, 4) is 0 Å². The number of hydrogen-bond donors (Lipinski definition) is 2. The number of halogens is 2. The highest BCUT2D eigenvalue weighted by Gasteiger charge is 2.33. The monoisotopic (exact) mass is 306 g/mol. The molecular formula is C12H16ClFN2O2S. The van der Waals surface area contributed by atoms with Crippen molar-refractivity contribution >= 4 is 21.4 Å². The topological polar surface area (TPSA) is 72.2 Å². The van der Waals surface area contributed by atoms with Gasteiger partial charge in [-0.25, -0.2) is 12.8 Å². The molecule has 0 spiro atoms. The van der Waals surface area contributed by atoms with E-state index in [0.717, 1.165) is 0 Å². The van der Waals surface area contributed by atoms with E-state index in [-0.39, 0.29) is 28.5 Å². The molecule has 1 aliphatic rings. The standard InChI is InChI=1S/C12H16ClFN2O2S/c13-10-3-1-2-8(12(10)14)6-11(16-15)9-4-5-19(17,18)7-9/h1-3,9,11,16H,4-7,15H2. The minimum atomic E-state index is -2.98. The summed E-state index contributed by atoms with van der Waals surface area (Å²) >= 11 is 5.72. The molecule has 1 heterocycles. The molecule has 0 aromatic heterocycles. The van der Waals surface area contributed by atoms with E-state index in [4.69, 9.17) is 17.4 Å². The first-order valence-electron chi connectivity index (χ1n) is 6.02. The van der Waals surface area contributed by atoms with Crippen LogP contribution in [0.15, 0.2) is 18.2 Å². The molecule has 4 nitrogen and oxygen atoms in total. The molecule has 1 aliphatic heterocycles. The SMILES string of the molecule is NNC(Cc1cccc(Cl)c1F)C1CCS(=O)(=O)C1. The molecule has 0 radical (unpaired) electrons. The van der Waals surface area contributed by atoms with E-state index in [9.17, 15) is 12.8 Å². The van der Waals surface area contributed by atoms with Crippen LogP contribution in [0, 0.1) is 11.7 Å². The molecule has 2 unspecified atom stereocenters. The molecule has 1 saturated heterocycles. The zero-order valence-electron chi connectivity index (χ0n) is 10.3. The lowest BCUT2D eigenvalue weighted by atomic mass is 9.93. The fraction of sp³-hybridized carbons (Fsp3) is 0.500. The molecular weight excluding hydrogens is 291 g/mol. The summed E-state index contributed by atoms with van der Waals surface area (Å²) in [4.78, 5) is 0. The number of sulfone groups is 1. The van der Waals surface area contributed by atoms with Crippen LogP contribution < -0.4 is 11.3 Å². The Morgan fingerprint density at radius 1 is 1.53 bits per heavy atom. The summed E-state index contributed by atoms with van der Waals surface area (Å²) in [7, 11) is -2.98. The molecule has 0 saturated carbocycles. The molecule has 2 atom stereocenters. The quantitative estimate of drug-likeness (QED) is 0.649. The lowest BCUT2D eigenvalue weighted by molar-refractivity contribution is 0.381. The Labute approximate surface area is 117 Å². The van der Waals surface area contributed by atoms with E-state index in [2.05, 4.69) is 5.43 Å². The second-order valence-corrected chi connectivity index (χ2v) is 7.49. The summed E-state index contributed by atoms with van der Waals surface area (Å²) in [5.74, 6) is 5.20. The van der Waals surface area contributed by atoms with Gasteiger partial charge in [-0.15, -0.1) is 0 Å². The van der Waals surface area contributed by atoms with Gasteiger partial charge in [-0.3, -0.25) is 11.3 Å². The van der Waals surface area contributed by atoms with E-state index in [1.165, 1.54) is 6.07 Å². The molecule has 1 aromatic rings. The minimum absolute atomic E-state index is 0.0623. The van der Waals surface area contributed by atoms with Gasteiger partial charge >= 0.3 is 0 Å². The van der Waals surface area contributed by atoms with Crippen LogP contribution in [-0.4, -0.2) is 26.0 Å². The molecule has 7 heteroatoms. The highest BCUT2D eigenvalue weighted by atomic mass is 35.5. The van der Waals surface area contributed by atoms with Gasteiger partial charge < -0.3 is 0 Å². The van der Waals surface area contributed by atoms with Crippen LogP contribution in [0.3, 0.4) is 0 Å². The zero-order chi connectivity index (χ0) is 14.0. The number of nitrogens with two attached hydrogens (primary N) is 1. The molecule has 0 bridgehead atoms. The largest absolute Gasteiger partial charge is 0.271 e. The molecule has 19 heavy (non-hydrogen) atoms. The van der Waals surface area contributed by atoms with Crippen LogP contribution in [0.1, 0.15) is 12.0 Å². The predicted molar refractivity (Wildman–Crippen MR) is 73.0 cm³/mol. The van der Waals surface area contributed by atoms with Crippen molar-refractivity contribution in [2.45, 2.75) is 18.9 Å². The number of rotatable bonds is 4. The summed E-state index contributed by atoms with van der Waals surface area (Å²) in [6.45, 7) is 0. The third kappa shape index (κ3) is 3.45. The molecule has 3 N–H and O–H groups in total. The van der Waals surface area contributed by atoms with Gasteiger partial charge in [-0.1, -0.05) is 23.7 Å². The van der Waals surface area contributed by atoms with Gasteiger partial charge in [-0.05, 0) is 30.4 Å². The lowest BCUT2D eigenvalue weighted by Crippen LogP contribution is -2.43. The van der Waals surface area contributed by atoms with Crippen molar-refractivity contribution in [2.75, 3.05) is 11.5 Å². The Bertz CT molecular complexity index is 565. The normalized spacial score (nSPS) is 23.4. The first kappa shape index (κ1) is 14.7. The summed E-state index contributed by atoms with van der Waals surface area (Å²) in [5, 5.41) is 0.0623. The average molecular weight is 307 g/mol. The number of hydrogen-bond acceptors (Lipinski definition) is 4. The van der Waals surface area contributed by atoms with Crippen molar-refractivity contribution < 1.29 is 12.8 Å². The van der Waals surface area contributed by atoms with Gasteiger partial charge in [0.2, 0.25) is 0 Å². The van der Waals surface area contributed by atoms with E-state index >= 15 is 0 Å². The predicted octanol–water partition coefficient (Wildman–Crippen LogP) is 1.29. The molecule has 1 fully saturated rings. The van der Waals surface area contributed by atoms with E-state index in [1.807, 2.05) is 0 Å². The molecule has 106 valence electrons. The van der Waals surface area contributed by atoms with Gasteiger partial charge in [-0.2, -0.15) is 0 Å². The fourth-order valence-corrected chi connectivity index (χ4v) is 4.52. The highest BCUT2D eigenvalue weighted by Crippen LogP contribution is 2.26. The van der Waals surface area contributed by atoms with Gasteiger partial charge in [0.05, 0.1) is 16.5 Å². The summed E-state index contributed by atoms with van der Waals surface area (Å²) < 4.78 is 36.8. The van der Waals surface area contributed by atoms with Gasteiger partial charge in [0, 0.05) is 6.04 Å². The van der Waals surface area contributed by atoms with Crippen LogP contribution in [0.25, 0.3) is 0 Å². The van der Waals surface area contributed by atoms with Crippen molar-refractivity contribution in [1.29, 1.82) is 0 Å². The summed E-state index contributed by atoms with van der Waals surface area (Å²) in [5.41, 5.74) is 3.05. The van der Waals surface area contributed by atoms with Crippen LogP contribution in [0.5, 0.6) is 0 Å². The van der Waals surface area contributed by atoms with Crippen molar-refractivity contribution in [3.05, 3.63) is 34.6 Å². The van der Waals surface area contributed by atoms with E-state index in [0.29, 0.717) is 18.4 Å². The molecule has 2 rings (SSSR count). The highest BCUT2D eigenvalue weighted by molar-refractivity contribution is 7.91. The Kier molecular flexibility index (Phi) is 4.45. The van der Waals surface area contributed by atoms with Crippen LogP contribution in [-0.2, 0) is 16.3 Å². The second-order valence-electron chi connectivity index (χ2n) is 4.85. The summed E-state index contributed by atoms with van der Waals surface area (Å²) in [6, 6.07) is 4.50. The Morgan fingerprint density at radius 3 is 2.84 bits per heavy atom. The summed E-state index contributed by atoms with van der Waals surface area (Å²) in [6.07, 6.45) is 0.877. The van der Waals surface area contributed by atoms with Crippen LogP contribution >= 0.6 is 11.6 Å². The van der Waals surface area contributed by atoms with Gasteiger partial charge in [0.15, 0.2) is 9.84 Å². The van der Waals surface area contributed by atoms with Gasteiger partial charge in [0.25, 0.3) is 0 Å². The fourth-order valence-electron chi connectivity index (χ4n) is 2.45. The average Bonchev–Trinajstić information content (AvgIpc) is 2.71. The maximum absolute atomic E-state index is 13.8. The second kappa shape index (κ2) is 5.75. The lowest BCUT2D eigenvalue weighted by Gasteiger charge is -2.22. The maximum Gasteiger partial charge on any atom is 0.150 e. The van der Waals surface area contributed by atoms with Crippen LogP contribution in [0.2, 0.25) is 5.02 Å². The van der Waals surface area contributed by atoms with Crippen molar-refractivity contribution in [2.24, 2.45) is 11.8 Å². The number of nitrogens with one attached hydrogen (secondary N) is 1. The number of benzene rings is 1. The van der Waals surface area contributed by atoms with Crippen molar-refractivity contribution in [3.63, 3.8) is 0 Å². The zero-order valence-corrected chi connectivity index (χ0v) is 11.8. The van der Waals surface area contributed by atoms with Crippen molar-refractivity contribution in [1.82, 2.24) is 5.43 Å². The Hall–Kier alpha value is -0.690. The van der Waals surface area contributed by atoms with Crippen LogP contribution in [0.4, 0.5) is 4.39 Å². The molecule has 1 aromatic carbocycles. The maximum atomic E-state index is 13.8. The molecule has 0 aliphatic carbocycles.